The van der Waals surface area contributed by atoms with Gasteiger partial charge in [0.1, 0.15) is 12.1 Å². The van der Waals surface area contributed by atoms with Crippen LogP contribution in [0, 0.1) is 0 Å². The fraction of sp³-hybridized carbons (Fsp3) is 0.429. The van der Waals surface area contributed by atoms with Gasteiger partial charge in [0.25, 0.3) is 0 Å². The summed E-state index contributed by atoms with van der Waals surface area (Å²) >= 11 is 0. The molecule has 1 aromatic carbocycles. The van der Waals surface area contributed by atoms with Crippen LogP contribution in [0.3, 0.4) is 0 Å². The third-order valence-electron chi connectivity index (χ3n) is 5.54. The molecule has 1 saturated heterocycles. The van der Waals surface area contributed by atoms with Crippen molar-refractivity contribution in [2.75, 3.05) is 6.54 Å². The van der Waals surface area contributed by atoms with Crippen LogP contribution in [0.2, 0.25) is 0 Å². The Balaban J connectivity index is 1.67. The number of nitrogens with one attached hydrogen (secondary N) is 2. The van der Waals surface area contributed by atoms with Crippen molar-refractivity contribution in [1.29, 1.82) is 0 Å². The lowest BCUT2D eigenvalue weighted by molar-refractivity contribution is -0.144. The second-order valence-electron chi connectivity index (χ2n) is 7.69. The Labute approximate surface area is 178 Å². The highest BCUT2D eigenvalue weighted by molar-refractivity contribution is 5.93. The fourth-order valence-corrected chi connectivity index (χ4v) is 3.91. The van der Waals surface area contributed by atoms with Crippen LogP contribution in [0.5, 0.6) is 0 Å². The van der Waals surface area contributed by atoms with E-state index in [2.05, 4.69) is 10.3 Å². The second-order valence-corrected chi connectivity index (χ2v) is 7.69. The van der Waals surface area contributed by atoms with Gasteiger partial charge in [-0.25, -0.2) is 4.79 Å². The lowest BCUT2D eigenvalue weighted by atomic mass is 10.0. The number of aromatic amines is 1. The molecule has 10 nitrogen and oxygen atoms in total. The molecule has 2 amide bonds. The van der Waals surface area contributed by atoms with Gasteiger partial charge in [-0.3, -0.25) is 14.4 Å². The first-order valence-corrected chi connectivity index (χ1v) is 10.1. The van der Waals surface area contributed by atoms with E-state index in [1.807, 2.05) is 24.3 Å². The molecule has 3 rings (SSSR count). The summed E-state index contributed by atoms with van der Waals surface area (Å²) in [6, 6.07) is 4.46. The van der Waals surface area contributed by atoms with Gasteiger partial charge < -0.3 is 31.1 Å². The number of hydrogen-bond donors (Lipinski definition) is 5. The van der Waals surface area contributed by atoms with Crippen LogP contribution in [0.15, 0.2) is 30.5 Å². The van der Waals surface area contributed by atoms with Crippen LogP contribution >= 0.6 is 0 Å². The lowest BCUT2D eigenvalue weighted by Gasteiger charge is -2.27. The van der Waals surface area contributed by atoms with Gasteiger partial charge in [-0.05, 0) is 30.9 Å². The van der Waals surface area contributed by atoms with E-state index in [-0.39, 0.29) is 19.3 Å². The van der Waals surface area contributed by atoms with E-state index in [9.17, 15) is 24.3 Å². The number of aromatic nitrogens is 1. The largest absolute Gasteiger partial charge is 0.481 e. The summed E-state index contributed by atoms with van der Waals surface area (Å²) in [5, 5.41) is 21.8. The lowest BCUT2D eigenvalue weighted by Crippen LogP contribution is -2.54. The number of carbonyl (C=O) groups excluding carboxylic acids is 2. The van der Waals surface area contributed by atoms with E-state index in [4.69, 9.17) is 10.8 Å². The smallest absolute Gasteiger partial charge is 0.326 e. The number of fused-ring (bicyclic) bond motifs is 1. The van der Waals surface area contributed by atoms with Crippen molar-refractivity contribution in [2.45, 2.75) is 50.2 Å². The summed E-state index contributed by atoms with van der Waals surface area (Å²) in [6.07, 6.45) is 2.50. The number of amides is 2. The van der Waals surface area contributed by atoms with E-state index in [0.29, 0.717) is 19.4 Å². The van der Waals surface area contributed by atoms with Crippen LogP contribution in [-0.2, 0) is 25.6 Å². The molecule has 2 heterocycles. The molecule has 1 aromatic heterocycles. The van der Waals surface area contributed by atoms with Gasteiger partial charge in [0, 0.05) is 36.5 Å². The highest BCUT2D eigenvalue weighted by atomic mass is 16.4. The van der Waals surface area contributed by atoms with Crippen LogP contribution in [-0.4, -0.2) is 68.5 Å². The Morgan fingerprint density at radius 2 is 1.97 bits per heavy atom. The molecule has 0 bridgehead atoms. The molecule has 0 spiro atoms. The molecule has 0 saturated carbocycles. The minimum absolute atomic E-state index is 0.0304. The minimum atomic E-state index is -1.17. The first-order valence-electron chi connectivity index (χ1n) is 10.1. The molecule has 3 atom stereocenters. The maximum atomic E-state index is 12.8. The number of likely N-dealkylation sites (tertiary alicyclic amines) is 1. The molecule has 1 fully saturated rings. The third-order valence-corrected chi connectivity index (χ3v) is 5.54. The van der Waals surface area contributed by atoms with Crippen LogP contribution in [0.25, 0.3) is 10.9 Å². The number of para-hydroxylation sites is 1. The van der Waals surface area contributed by atoms with Gasteiger partial charge in [0.15, 0.2) is 0 Å². The molecule has 31 heavy (non-hydrogen) atoms. The topological polar surface area (TPSA) is 166 Å². The van der Waals surface area contributed by atoms with Gasteiger partial charge in [0.2, 0.25) is 11.8 Å². The van der Waals surface area contributed by atoms with Gasteiger partial charge >= 0.3 is 11.9 Å². The molecule has 6 N–H and O–H groups in total. The van der Waals surface area contributed by atoms with Crippen molar-refractivity contribution in [3.8, 4) is 0 Å². The number of nitrogens with two attached hydrogens (primary N) is 1. The van der Waals surface area contributed by atoms with E-state index >= 15 is 0 Å². The summed E-state index contributed by atoms with van der Waals surface area (Å²) in [7, 11) is 0. The van der Waals surface area contributed by atoms with Crippen molar-refractivity contribution in [2.24, 2.45) is 5.73 Å². The van der Waals surface area contributed by atoms with Crippen LogP contribution in [0.4, 0.5) is 0 Å². The van der Waals surface area contributed by atoms with Crippen molar-refractivity contribution in [3.63, 3.8) is 0 Å². The van der Waals surface area contributed by atoms with Gasteiger partial charge in [0.05, 0.1) is 6.04 Å². The predicted molar refractivity (Wildman–Crippen MR) is 111 cm³/mol. The summed E-state index contributed by atoms with van der Waals surface area (Å²) in [6.45, 7) is 0.317. The molecule has 0 aliphatic carbocycles. The molecule has 1 aliphatic heterocycles. The summed E-state index contributed by atoms with van der Waals surface area (Å²) < 4.78 is 0. The Bertz CT molecular complexity index is 987. The summed E-state index contributed by atoms with van der Waals surface area (Å²) in [5.74, 6) is -3.28. The Morgan fingerprint density at radius 3 is 2.68 bits per heavy atom. The third kappa shape index (κ3) is 5.21. The molecule has 3 unspecified atom stereocenters. The average molecular weight is 430 g/mol. The standard InChI is InChI=1S/C21H26N4O6/c22-14(7-8-18(26)27)20(29)25-9-3-6-17(25)19(28)24-16(21(30)31)10-12-11-23-15-5-2-1-4-13(12)15/h1-2,4-5,11,14,16-17,23H,3,6-10,22H2,(H,24,28)(H,26,27)(H,30,31). The van der Waals surface area contributed by atoms with Gasteiger partial charge in [-0.1, -0.05) is 18.2 Å². The van der Waals surface area contributed by atoms with E-state index < -0.39 is 41.9 Å². The van der Waals surface area contributed by atoms with Crippen molar-refractivity contribution < 1.29 is 29.4 Å². The number of carboxylic acids is 2. The molecule has 1 aliphatic rings. The Hall–Kier alpha value is -3.40. The van der Waals surface area contributed by atoms with Crippen molar-refractivity contribution >= 4 is 34.7 Å². The molecule has 0 radical (unpaired) electrons. The number of benzene rings is 1. The quantitative estimate of drug-likeness (QED) is 0.385. The van der Waals surface area contributed by atoms with E-state index in [0.717, 1.165) is 16.5 Å². The zero-order valence-electron chi connectivity index (χ0n) is 16.9. The van der Waals surface area contributed by atoms with Crippen molar-refractivity contribution in [1.82, 2.24) is 15.2 Å². The van der Waals surface area contributed by atoms with Gasteiger partial charge in [-0.2, -0.15) is 0 Å². The molecule has 2 aromatic rings. The van der Waals surface area contributed by atoms with E-state index in [1.165, 1.54) is 4.90 Å². The number of carbonyl (C=O) groups is 4. The number of nitrogens with zero attached hydrogens (tertiary/aromatic N) is 1. The SMILES string of the molecule is NC(CCC(=O)O)C(=O)N1CCCC1C(=O)NC(Cc1c[nH]c2ccccc12)C(=O)O. The second kappa shape index (κ2) is 9.61. The molecular weight excluding hydrogens is 404 g/mol. The fourth-order valence-electron chi connectivity index (χ4n) is 3.91. The number of aliphatic carboxylic acids is 2. The maximum absolute atomic E-state index is 12.8. The summed E-state index contributed by atoms with van der Waals surface area (Å²) in [4.78, 5) is 52.4. The number of hydrogen-bond acceptors (Lipinski definition) is 5. The van der Waals surface area contributed by atoms with Crippen LogP contribution < -0.4 is 11.1 Å². The highest BCUT2D eigenvalue weighted by Crippen LogP contribution is 2.21. The van der Waals surface area contributed by atoms with E-state index in [1.54, 1.807) is 6.20 Å². The monoisotopic (exact) mass is 430 g/mol. The Kier molecular flexibility index (Phi) is 6.91. The molecule has 10 heteroatoms. The summed E-state index contributed by atoms with van der Waals surface area (Å²) in [5.41, 5.74) is 7.45. The zero-order valence-corrected chi connectivity index (χ0v) is 16.9. The molecular formula is C21H26N4O6. The first kappa shape index (κ1) is 22.3. The predicted octanol–water partition coefficient (Wildman–Crippen LogP) is 0.463. The Morgan fingerprint density at radius 1 is 1.23 bits per heavy atom. The number of H-pyrrole nitrogens is 1. The number of carboxylic acid groups (broad SMARTS) is 2. The van der Waals surface area contributed by atoms with Gasteiger partial charge in [-0.15, -0.1) is 0 Å². The highest BCUT2D eigenvalue weighted by Gasteiger charge is 2.37. The molecule has 166 valence electrons. The average Bonchev–Trinajstić information content (AvgIpc) is 3.38. The van der Waals surface area contributed by atoms with Crippen molar-refractivity contribution in [3.05, 3.63) is 36.0 Å². The zero-order chi connectivity index (χ0) is 22.5. The normalized spacial score (nSPS) is 18.0. The maximum Gasteiger partial charge on any atom is 0.326 e. The first-order chi connectivity index (χ1) is 14.8. The number of rotatable bonds is 9. The minimum Gasteiger partial charge on any atom is -0.481 e. The van der Waals surface area contributed by atoms with Crippen LogP contribution in [0.1, 0.15) is 31.2 Å².